The first kappa shape index (κ1) is 11.7. The first-order valence-corrected chi connectivity index (χ1v) is 5.55. The molecule has 0 radical (unpaired) electrons. The van der Waals surface area contributed by atoms with Crippen LogP contribution >= 0.6 is 0 Å². The zero-order valence-corrected chi connectivity index (χ0v) is 9.31. The number of carboxylic acids is 1. The number of rotatable bonds is 3. The standard InChI is InChI=1S/C12H15NO4/c14-10-4-7-1-2-9(13-6-12(16)17)3-8(7)5-11(10)15/h4-5,9,13-15H,1-3,6H2,(H,16,17). The van der Waals surface area contributed by atoms with Gasteiger partial charge in [-0.3, -0.25) is 4.79 Å². The van der Waals surface area contributed by atoms with Gasteiger partial charge in [-0.2, -0.15) is 0 Å². The van der Waals surface area contributed by atoms with Gasteiger partial charge in [0.05, 0.1) is 6.54 Å². The summed E-state index contributed by atoms with van der Waals surface area (Å²) < 4.78 is 0. The minimum atomic E-state index is -0.871. The molecule has 4 N–H and O–H groups in total. The van der Waals surface area contributed by atoms with Crippen LogP contribution in [0.5, 0.6) is 11.5 Å². The Bertz CT molecular complexity index is 444. The van der Waals surface area contributed by atoms with Crippen LogP contribution in [0.2, 0.25) is 0 Å². The molecule has 1 atom stereocenters. The molecule has 1 unspecified atom stereocenters. The number of benzene rings is 1. The van der Waals surface area contributed by atoms with Gasteiger partial charge in [-0.05, 0) is 42.5 Å². The smallest absolute Gasteiger partial charge is 0.317 e. The summed E-state index contributed by atoms with van der Waals surface area (Å²) in [6, 6.07) is 3.25. The Hall–Kier alpha value is -1.75. The molecule has 0 bridgehead atoms. The first-order valence-electron chi connectivity index (χ1n) is 5.55. The van der Waals surface area contributed by atoms with Gasteiger partial charge >= 0.3 is 5.97 Å². The number of aryl methyl sites for hydroxylation is 1. The summed E-state index contributed by atoms with van der Waals surface area (Å²) >= 11 is 0. The topological polar surface area (TPSA) is 89.8 Å². The number of phenols is 2. The summed E-state index contributed by atoms with van der Waals surface area (Å²) in [5.41, 5.74) is 1.99. The number of aromatic hydroxyl groups is 2. The van der Waals surface area contributed by atoms with Gasteiger partial charge in [0.2, 0.25) is 0 Å². The molecular formula is C12H15NO4. The third kappa shape index (κ3) is 2.68. The Balaban J connectivity index is 2.08. The molecule has 5 nitrogen and oxygen atoms in total. The first-order chi connectivity index (χ1) is 8.06. The maximum Gasteiger partial charge on any atom is 0.317 e. The highest BCUT2D eigenvalue weighted by molar-refractivity contribution is 5.69. The molecule has 2 rings (SSSR count). The van der Waals surface area contributed by atoms with Crippen LogP contribution in [0, 0.1) is 0 Å². The van der Waals surface area contributed by atoms with Gasteiger partial charge in [0.1, 0.15) is 0 Å². The molecule has 0 saturated heterocycles. The van der Waals surface area contributed by atoms with Gasteiger partial charge in [0.15, 0.2) is 11.5 Å². The summed E-state index contributed by atoms with van der Waals surface area (Å²) in [4.78, 5) is 10.5. The van der Waals surface area contributed by atoms with Gasteiger partial charge in [0, 0.05) is 6.04 Å². The zero-order chi connectivity index (χ0) is 12.4. The highest BCUT2D eigenvalue weighted by Crippen LogP contribution is 2.32. The average molecular weight is 237 g/mol. The van der Waals surface area contributed by atoms with Crippen molar-refractivity contribution in [3.05, 3.63) is 23.3 Å². The van der Waals surface area contributed by atoms with E-state index in [4.69, 9.17) is 5.11 Å². The highest BCUT2D eigenvalue weighted by Gasteiger charge is 2.20. The van der Waals surface area contributed by atoms with Gasteiger partial charge in [0.25, 0.3) is 0 Å². The quantitative estimate of drug-likeness (QED) is 0.579. The summed E-state index contributed by atoms with van der Waals surface area (Å²) in [5.74, 6) is -1.09. The van der Waals surface area contributed by atoms with E-state index in [0.29, 0.717) is 6.42 Å². The van der Waals surface area contributed by atoms with Crippen LogP contribution in [-0.4, -0.2) is 33.9 Å². The molecule has 1 aromatic rings. The predicted molar refractivity (Wildman–Crippen MR) is 61.2 cm³/mol. The van der Waals surface area contributed by atoms with E-state index >= 15 is 0 Å². The van der Waals surface area contributed by atoms with Crippen molar-refractivity contribution in [2.45, 2.75) is 25.3 Å². The SMILES string of the molecule is O=C(O)CNC1CCc2cc(O)c(O)cc2C1. The van der Waals surface area contributed by atoms with Crippen LogP contribution in [0.4, 0.5) is 0 Å². The molecule has 0 amide bonds. The van der Waals surface area contributed by atoms with E-state index in [0.717, 1.165) is 24.0 Å². The van der Waals surface area contributed by atoms with Crippen molar-refractivity contribution in [1.29, 1.82) is 0 Å². The van der Waals surface area contributed by atoms with E-state index in [-0.39, 0.29) is 24.1 Å². The third-order valence-corrected chi connectivity index (χ3v) is 3.07. The Labute approximate surface area is 98.7 Å². The van der Waals surface area contributed by atoms with Crippen LogP contribution in [0.15, 0.2) is 12.1 Å². The third-order valence-electron chi connectivity index (χ3n) is 3.07. The predicted octanol–water partition coefficient (Wildman–Crippen LogP) is 0.629. The lowest BCUT2D eigenvalue weighted by Gasteiger charge is -2.25. The fourth-order valence-corrected chi connectivity index (χ4v) is 2.19. The summed E-state index contributed by atoms with van der Waals surface area (Å²) in [6.07, 6.45) is 2.29. The van der Waals surface area contributed by atoms with Crippen LogP contribution < -0.4 is 5.32 Å². The number of fused-ring (bicyclic) bond motifs is 1. The van der Waals surface area contributed by atoms with E-state index in [2.05, 4.69) is 5.32 Å². The molecule has 0 aromatic heterocycles. The molecule has 1 aliphatic rings. The molecule has 0 spiro atoms. The molecule has 1 aliphatic carbocycles. The molecular weight excluding hydrogens is 222 g/mol. The van der Waals surface area contributed by atoms with E-state index < -0.39 is 5.97 Å². The van der Waals surface area contributed by atoms with Gasteiger partial charge in [-0.15, -0.1) is 0 Å². The second kappa shape index (κ2) is 4.63. The molecule has 0 aliphatic heterocycles. The molecule has 0 heterocycles. The van der Waals surface area contributed by atoms with Crippen molar-refractivity contribution in [1.82, 2.24) is 5.32 Å². The van der Waals surface area contributed by atoms with Crippen molar-refractivity contribution in [2.75, 3.05) is 6.54 Å². The number of carbonyl (C=O) groups is 1. The van der Waals surface area contributed by atoms with Crippen molar-refractivity contribution in [3.8, 4) is 11.5 Å². The monoisotopic (exact) mass is 237 g/mol. The molecule has 17 heavy (non-hydrogen) atoms. The minimum Gasteiger partial charge on any atom is -0.504 e. The van der Waals surface area contributed by atoms with Crippen LogP contribution in [0.25, 0.3) is 0 Å². The number of aliphatic carboxylic acids is 1. The van der Waals surface area contributed by atoms with Crippen LogP contribution in [0.3, 0.4) is 0 Å². The van der Waals surface area contributed by atoms with Crippen molar-refractivity contribution < 1.29 is 20.1 Å². The summed E-state index contributed by atoms with van der Waals surface area (Å²) in [5, 5.41) is 30.3. The van der Waals surface area contributed by atoms with Crippen LogP contribution in [0.1, 0.15) is 17.5 Å². The van der Waals surface area contributed by atoms with Crippen molar-refractivity contribution in [2.24, 2.45) is 0 Å². The van der Waals surface area contributed by atoms with E-state index in [1.165, 1.54) is 0 Å². The molecule has 0 fully saturated rings. The minimum absolute atomic E-state index is 0.0515. The molecule has 1 aromatic carbocycles. The van der Waals surface area contributed by atoms with E-state index in [1.807, 2.05) is 0 Å². The Morgan fingerprint density at radius 1 is 1.29 bits per heavy atom. The maximum atomic E-state index is 10.5. The average Bonchev–Trinajstić information content (AvgIpc) is 2.28. The van der Waals surface area contributed by atoms with Gasteiger partial charge in [-0.25, -0.2) is 0 Å². The number of hydrogen-bond donors (Lipinski definition) is 4. The van der Waals surface area contributed by atoms with Gasteiger partial charge < -0.3 is 20.6 Å². The molecule has 92 valence electrons. The lowest BCUT2D eigenvalue weighted by molar-refractivity contribution is -0.136. The Morgan fingerprint density at radius 2 is 1.94 bits per heavy atom. The second-order valence-electron chi connectivity index (χ2n) is 4.32. The lowest BCUT2D eigenvalue weighted by atomic mass is 9.88. The number of carboxylic acid groups (broad SMARTS) is 1. The van der Waals surface area contributed by atoms with Crippen molar-refractivity contribution >= 4 is 5.97 Å². The number of hydrogen-bond acceptors (Lipinski definition) is 4. The number of phenolic OH excluding ortho intramolecular Hbond substituents is 2. The summed E-state index contributed by atoms with van der Waals surface area (Å²) in [7, 11) is 0. The zero-order valence-electron chi connectivity index (χ0n) is 9.31. The van der Waals surface area contributed by atoms with Crippen LogP contribution in [-0.2, 0) is 17.6 Å². The molecule has 5 heteroatoms. The maximum absolute atomic E-state index is 10.5. The fraction of sp³-hybridized carbons (Fsp3) is 0.417. The largest absolute Gasteiger partial charge is 0.504 e. The Morgan fingerprint density at radius 3 is 2.59 bits per heavy atom. The fourth-order valence-electron chi connectivity index (χ4n) is 2.19. The van der Waals surface area contributed by atoms with Gasteiger partial charge in [-0.1, -0.05) is 0 Å². The Kier molecular flexibility index (Phi) is 3.19. The molecule has 0 saturated carbocycles. The van der Waals surface area contributed by atoms with E-state index in [9.17, 15) is 15.0 Å². The highest BCUT2D eigenvalue weighted by atomic mass is 16.4. The van der Waals surface area contributed by atoms with Crippen molar-refractivity contribution in [3.63, 3.8) is 0 Å². The normalized spacial score (nSPS) is 18.7. The number of nitrogens with one attached hydrogen (secondary N) is 1. The second-order valence-corrected chi connectivity index (χ2v) is 4.32. The summed E-state index contributed by atoms with van der Waals surface area (Å²) in [6.45, 7) is -0.0515. The lowest BCUT2D eigenvalue weighted by Crippen LogP contribution is -2.37. The van der Waals surface area contributed by atoms with E-state index in [1.54, 1.807) is 12.1 Å².